The number of carboxylic acid groups (broad SMARTS) is 1. The molecular formula is C12H20O4. The van der Waals surface area contributed by atoms with Crippen LogP contribution >= 0.6 is 0 Å². The molecule has 0 aliphatic rings. The van der Waals surface area contributed by atoms with Crippen LogP contribution in [0.4, 0.5) is 0 Å². The fraction of sp³-hybridized carbons (Fsp3) is 0.667. The molecule has 0 aromatic rings. The van der Waals surface area contributed by atoms with E-state index in [0.29, 0.717) is 6.61 Å². The van der Waals surface area contributed by atoms with E-state index < -0.39 is 11.9 Å². The van der Waals surface area contributed by atoms with Gasteiger partial charge in [-0.15, -0.1) is 0 Å². The van der Waals surface area contributed by atoms with E-state index in [-0.39, 0.29) is 12.0 Å². The van der Waals surface area contributed by atoms with Crippen molar-refractivity contribution < 1.29 is 19.4 Å². The lowest BCUT2D eigenvalue weighted by Gasteiger charge is -2.05. The third kappa shape index (κ3) is 8.03. The minimum atomic E-state index is -1.06. The summed E-state index contributed by atoms with van der Waals surface area (Å²) in [6.07, 6.45) is 5.02. The third-order valence-corrected chi connectivity index (χ3v) is 2.13. The van der Waals surface area contributed by atoms with Gasteiger partial charge < -0.3 is 9.84 Å². The molecule has 0 aromatic heterocycles. The van der Waals surface area contributed by atoms with E-state index >= 15 is 0 Å². The number of hydrogen-bond donors (Lipinski definition) is 1. The number of ether oxygens (including phenoxy) is 1. The van der Waals surface area contributed by atoms with Gasteiger partial charge in [0.25, 0.3) is 0 Å². The summed E-state index contributed by atoms with van der Waals surface area (Å²) in [5.74, 6) is -1.66. The van der Waals surface area contributed by atoms with Gasteiger partial charge in [-0.05, 0) is 6.42 Å². The first-order valence-electron chi connectivity index (χ1n) is 5.64. The summed E-state index contributed by atoms with van der Waals surface area (Å²) in [4.78, 5) is 21.5. The first kappa shape index (κ1) is 14.7. The zero-order chi connectivity index (χ0) is 12.4. The van der Waals surface area contributed by atoms with Crippen LogP contribution in [0.5, 0.6) is 0 Å². The summed E-state index contributed by atoms with van der Waals surface area (Å²) < 4.78 is 4.88. The second kappa shape index (κ2) is 8.95. The molecule has 0 heterocycles. The van der Waals surface area contributed by atoms with Crippen molar-refractivity contribution in [2.75, 3.05) is 6.61 Å². The number of carboxylic acids is 1. The van der Waals surface area contributed by atoms with Crippen molar-refractivity contribution in [2.24, 2.45) is 0 Å². The Kier molecular flexibility index (Phi) is 8.21. The van der Waals surface area contributed by atoms with Crippen LogP contribution in [0.3, 0.4) is 0 Å². The quantitative estimate of drug-likeness (QED) is 0.374. The molecule has 0 unspecified atom stereocenters. The Hall–Kier alpha value is -1.32. The number of carbonyl (C=O) groups excluding carboxylic acids is 1. The van der Waals surface area contributed by atoms with Gasteiger partial charge in [-0.1, -0.05) is 39.2 Å². The summed E-state index contributed by atoms with van der Waals surface area (Å²) in [6.45, 7) is 5.85. The SMILES string of the molecule is C=C(CC(=O)O)C(=O)OCCCCCCC. The predicted octanol–water partition coefficient (Wildman–Crippen LogP) is 2.53. The fourth-order valence-electron chi connectivity index (χ4n) is 1.23. The Labute approximate surface area is 96.3 Å². The molecule has 0 saturated carbocycles. The van der Waals surface area contributed by atoms with Crippen molar-refractivity contribution in [3.05, 3.63) is 12.2 Å². The molecule has 0 saturated heterocycles. The second-order valence-corrected chi connectivity index (χ2v) is 3.72. The number of rotatable bonds is 9. The zero-order valence-corrected chi connectivity index (χ0v) is 9.83. The van der Waals surface area contributed by atoms with Gasteiger partial charge in [0.15, 0.2) is 0 Å². The van der Waals surface area contributed by atoms with Crippen LogP contribution in [0.2, 0.25) is 0 Å². The first-order chi connectivity index (χ1) is 7.57. The highest BCUT2D eigenvalue weighted by molar-refractivity contribution is 5.92. The molecule has 16 heavy (non-hydrogen) atoms. The van der Waals surface area contributed by atoms with Gasteiger partial charge in [0.05, 0.1) is 13.0 Å². The van der Waals surface area contributed by atoms with Crippen LogP contribution < -0.4 is 0 Å². The molecule has 0 amide bonds. The lowest BCUT2D eigenvalue weighted by molar-refractivity contribution is -0.142. The van der Waals surface area contributed by atoms with E-state index in [2.05, 4.69) is 13.5 Å². The Morgan fingerprint density at radius 1 is 1.19 bits per heavy atom. The Balaban J connectivity index is 3.50. The van der Waals surface area contributed by atoms with E-state index in [0.717, 1.165) is 19.3 Å². The number of aliphatic carboxylic acids is 1. The maximum atomic E-state index is 11.2. The smallest absolute Gasteiger partial charge is 0.333 e. The Morgan fingerprint density at radius 2 is 1.81 bits per heavy atom. The summed E-state index contributed by atoms with van der Waals surface area (Å²) in [5.41, 5.74) is 0.000980. The van der Waals surface area contributed by atoms with Crippen LogP contribution in [0.1, 0.15) is 45.4 Å². The molecule has 0 aliphatic carbocycles. The molecule has 0 aromatic carbocycles. The summed E-state index contributed by atoms with van der Waals surface area (Å²) >= 11 is 0. The van der Waals surface area contributed by atoms with E-state index in [9.17, 15) is 9.59 Å². The van der Waals surface area contributed by atoms with Crippen molar-refractivity contribution >= 4 is 11.9 Å². The molecular weight excluding hydrogens is 208 g/mol. The van der Waals surface area contributed by atoms with Crippen molar-refractivity contribution in [2.45, 2.75) is 45.4 Å². The minimum Gasteiger partial charge on any atom is -0.481 e. The highest BCUT2D eigenvalue weighted by atomic mass is 16.5. The molecule has 0 atom stereocenters. The third-order valence-electron chi connectivity index (χ3n) is 2.13. The summed E-state index contributed by atoms with van der Waals surface area (Å²) in [5, 5.41) is 8.43. The molecule has 4 nitrogen and oxygen atoms in total. The minimum absolute atomic E-state index is 0.000980. The van der Waals surface area contributed by atoms with E-state index in [1.54, 1.807) is 0 Å². The van der Waals surface area contributed by atoms with E-state index in [4.69, 9.17) is 9.84 Å². The molecule has 0 fully saturated rings. The lowest BCUT2D eigenvalue weighted by atomic mass is 10.2. The monoisotopic (exact) mass is 228 g/mol. The van der Waals surface area contributed by atoms with Crippen LogP contribution in [0, 0.1) is 0 Å². The Bertz CT molecular complexity index is 245. The summed E-state index contributed by atoms with van der Waals surface area (Å²) in [7, 11) is 0. The first-order valence-corrected chi connectivity index (χ1v) is 5.64. The average molecular weight is 228 g/mol. The topological polar surface area (TPSA) is 63.6 Å². The van der Waals surface area contributed by atoms with Crippen molar-refractivity contribution in [1.82, 2.24) is 0 Å². The number of hydrogen-bond acceptors (Lipinski definition) is 3. The number of carbonyl (C=O) groups is 2. The van der Waals surface area contributed by atoms with Gasteiger partial charge in [0.1, 0.15) is 0 Å². The van der Waals surface area contributed by atoms with E-state index in [1.165, 1.54) is 12.8 Å². The Morgan fingerprint density at radius 3 is 2.38 bits per heavy atom. The highest BCUT2D eigenvalue weighted by Gasteiger charge is 2.11. The molecule has 0 spiro atoms. The van der Waals surface area contributed by atoms with Crippen molar-refractivity contribution in [3.8, 4) is 0 Å². The standard InChI is InChI=1S/C12H20O4/c1-3-4-5-6-7-8-16-12(15)10(2)9-11(13)14/h2-9H2,1H3,(H,13,14). The van der Waals surface area contributed by atoms with Crippen LogP contribution in [0.25, 0.3) is 0 Å². The predicted molar refractivity (Wildman–Crippen MR) is 61.1 cm³/mol. The van der Waals surface area contributed by atoms with E-state index in [1.807, 2.05) is 0 Å². The molecule has 0 bridgehead atoms. The molecule has 0 aliphatic heterocycles. The van der Waals surface area contributed by atoms with Gasteiger partial charge in [-0.25, -0.2) is 4.79 Å². The maximum absolute atomic E-state index is 11.2. The molecule has 4 heteroatoms. The largest absolute Gasteiger partial charge is 0.481 e. The molecule has 0 radical (unpaired) electrons. The van der Waals surface area contributed by atoms with Crippen LogP contribution in [-0.2, 0) is 14.3 Å². The van der Waals surface area contributed by atoms with Gasteiger partial charge in [-0.3, -0.25) is 4.79 Å². The van der Waals surface area contributed by atoms with Gasteiger partial charge in [0.2, 0.25) is 0 Å². The highest BCUT2D eigenvalue weighted by Crippen LogP contribution is 2.05. The van der Waals surface area contributed by atoms with Crippen molar-refractivity contribution in [1.29, 1.82) is 0 Å². The normalized spacial score (nSPS) is 9.81. The van der Waals surface area contributed by atoms with Crippen LogP contribution in [0.15, 0.2) is 12.2 Å². The molecule has 1 N–H and O–H groups in total. The average Bonchev–Trinajstić information content (AvgIpc) is 2.21. The van der Waals surface area contributed by atoms with Gasteiger partial charge in [0, 0.05) is 5.57 Å². The van der Waals surface area contributed by atoms with Gasteiger partial charge in [-0.2, -0.15) is 0 Å². The fourth-order valence-corrected chi connectivity index (χ4v) is 1.23. The molecule has 0 rings (SSSR count). The van der Waals surface area contributed by atoms with Gasteiger partial charge >= 0.3 is 11.9 Å². The number of esters is 1. The lowest BCUT2D eigenvalue weighted by Crippen LogP contribution is -2.11. The second-order valence-electron chi connectivity index (χ2n) is 3.72. The van der Waals surface area contributed by atoms with Crippen LogP contribution in [-0.4, -0.2) is 23.7 Å². The number of unbranched alkanes of at least 4 members (excludes halogenated alkanes) is 4. The maximum Gasteiger partial charge on any atom is 0.333 e. The molecule has 92 valence electrons. The zero-order valence-electron chi connectivity index (χ0n) is 9.83. The summed E-state index contributed by atoms with van der Waals surface area (Å²) in [6, 6.07) is 0. The van der Waals surface area contributed by atoms with Crippen molar-refractivity contribution in [3.63, 3.8) is 0 Å².